The molecule has 0 saturated heterocycles. The Morgan fingerprint density at radius 1 is 0.957 bits per heavy atom. The van der Waals surface area contributed by atoms with E-state index < -0.39 is 0 Å². The largest absolute Gasteiger partial charge is 0.497 e. The number of hydrogen-bond donors (Lipinski definition) is 0. The molecule has 0 saturated carbocycles. The predicted octanol–water partition coefficient (Wildman–Crippen LogP) is 2.57. The van der Waals surface area contributed by atoms with Crippen molar-refractivity contribution in [1.29, 1.82) is 0 Å². The summed E-state index contributed by atoms with van der Waals surface area (Å²) in [7, 11) is 8.45. The summed E-state index contributed by atoms with van der Waals surface area (Å²) < 4.78 is 10.4. The summed E-state index contributed by atoms with van der Waals surface area (Å²) >= 11 is 0. The van der Waals surface area contributed by atoms with Crippen LogP contribution >= 0.6 is 0 Å². The first-order chi connectivity index (χ1) is 11.0. The van der Waals surface area contributed by atoms with E-state index in [1.807, 2.05) is 36.2 Å². The van der Waals surface area contributed by atoms with E-state index in [2.05, 4.69) is 4.98 Å². The van der Waals surface area contributed by atoms with Crippen LogP contribution in [0.3, 0.4) is 0 Å². The molecule has 122 valence electrons. The van der Waals surface area contributed by atoms with Gasteiger partial charge in [0.25, 0.3) is 5.91 Å². The molecule has 6 heteroatoms. The van der Waals surface area contributed by atoms with Crippen LogP contribution in [0.2, 0.25) is 0 Å². The second-order valence-corrected chi connectivity index (χ2v) is 5.18. The summed E-state index contributed by atoms with van der Waals surface area (Å²) in [6.07, 6.45) is 0. The summed E-state index contributed by atoms with van der Waals surface area (Å²) in [6.45, 7) is 0. The number of methoxy groups -OCH3 is 2. The summed E-state index contributed by atoms with van der Waals surface area (Å²) in [4.78, 5) is 20.2. The van der Waals surface area contributed by atoms with E-state index in [0.717, 1.165) is 11.4 Å². The van der Waals surface area contributed by atoms with Crippen molar-refractivity contribution in [3.8, 4) is 11.6 Å². The van der Waals surface area contributed by atoms with Gasteiger partial charge < -0.3 is 19.3 Å². The van der Waals surface area contributed by atoms with Crippen molar-refractivity contribution >= 4 is 17.4 Å². The monoisotopic (exact) mass is 315 g/mol. The SMILES string of the molecule is COc1ccc(N(C)c2nc(OC)ccc2C(=O)N(C)C)cc1. The first-order valence-electron chi connectivity index (χ1n) is 7.12. The molecule has 0 atom stereocenters. The molecule has 6 nitrogen and oxygen atoms in total. The lowest BCUT2D eigenvalue weighted by molar-refractivity contribution is 0.0828. The van der Waals surface area contributed by atoms with E-state index in [9.17, 15) is 4.79 Å². The molecule has 0 radical (unpaired) electrons. The van der Waals surface area contributed by atoms with Gasteiger partial charge in [-0.3, -0.25) is 4.79 Å². The number of anilines is 2. The van der Waals surface area contributed by atoms with E-state index in [4.69, 9.17) is 9.47 Å². The molecule has 0 N–H and O–H groups in total. The molecule has 23 heavy (non-hydrogen) atoms. The molecule has 1 heterocycles. The third-order valence-electron chi connectivity index (χ3n) is 3.47. The van der Waals surface area contributed by atoms with Crippen LogP contribution in [0.1, 0.15) is 10.4 Å². The predicted molar refractivity (Wildman–Crippen MR) is 89.9 cm³/mol. The Hall–Kier alpha value is -2.76. The van der Waals surface area contributed by atoms with E-state index in [1.54, 1.807) is 40.4 Å². The minimum absolute atomic E-state index is 0.115. The fourth-order valence-corrected chi connectivity index (χ4v) is 2.14. The first-order valence-corrected chi connectivity index (χ1v) is 7.12. The van der Waals surface area contributed by atoms with E-state index in [1.165, 1.54) is 4.90 Å². The summed E-state index contributed by atoms with van der Waals surface area (Å²) in [5.41, 5.74) is 1.40. The number of ether oxygens (including phenoxy) is 2. The number of nitrogens with zero attached hydrogens (tertiary/aromatic N) is 3. The Labute approximate surface area is 136 Å². The van der Waals surface area contributed by atoms with Gasteiger partial charge in [0.1, 0.15) is 11.6 Å². The zero-order valence-corrected chi connectivity index (χ0v) is 14.0. The third kappa shape index (κ3) is 3.53. The molecule has 1 aromatic heterocycles. The van der Waals surface area contributed by atoms with E-state index >= 15 is 0 Å². The molecule has 0 unspecified atom stereocenters. The lowest BCUT2D eigenvalue weighted by Gasteiger charge is -2.23. The number of hydrogen-bond acceptors (Lipinski definition) is 5. The van der Waals surface area contributed by atoms with Crippen molar-refractivity contribution in [2.45, 2.75) is 0 Å². The van der Waals surface area contributed by atoms with Crippen molar-refractivity contribution in [1.82, 2.24) is 9.88 Å². The van der Waals surface area contributed by atoms with Gasteiger partial charge in [0, 0.05) is 32.9 Å². The lowest BCUT2D eigenvalue weighted by atomic mass is 10.2. The van der Waals surface area contributed by atoms with Crippen molar-refractivity contribution in [3.05, 3.63) is 42.0 Å². The highest BCUT2D eigenvalue weighted by atomic mass is 16.5. The van der Waals surface area contributed by atoms with Crippen LogP contribution in [0, 0.1) is 0 Å². The Kier molecular flexibility index (Phi) is 5.05. The Balaban J connectivity index is 2.47. The number of rotatable bonds is 5. The molecule has 2 rings (SSSR count). The van der Waals surface area contributed by atoms with Gasteiger partial charge >= 0.3 is 0 Å². The minimum atomic E-state index is -0.115. The van der Waals surface area contributed by atoms with Gasteiger partial charge in [-0.15, -0.1) is 0 Å². The molecule has 0 aliphatic carbocycles. The van der Waals surface area contributed by atoms with Crippen molar-refractivity contribution < 1.29 is 14.3 Å². The fourth-order valence-electron chi connectivity index (χ4n) is 2.14. The van der Waals surface area contributed by atoms with Crippen molar-refractivity contribution in [3.63, 3.8) is 0 Å². The van der Waals surface area contributed by atoms with Crippen LogP contribution in [-0.4, -0.2) is 51.2 Å². The molecule has 1 aromatic carbocycles. The van der Waals surface area contributed by atoms with E-state index in [0.29, 0.717) is 17.3 Å². The average Bonchev–Trinajstić information content (AvgIpc) is 2.59. The molecule has 2 aromatic rings. The highest BCUT2D eigenvalue weighted by Gasteiger charge is 2.19. The molecule has 1 amide bonds. The van der Waals surface area contributed by atoms with Crippen LogP contribution in [0.4, 0.5) is 11.5 Å². The van der Waals surface area contributed by atoms with Crippen LogP contribution in [0.15, 0.2) is 36.4 Å². The third-order valence-corrected chi connectivity index (χ3v) is 3.47. The van der Waals surface area contributed by atoms with Gasteiger partial charge in [0.2, 0.25) is 5.88 Å². The Bertz CT molecular complexity index is 684. The zero-order valence-electron chi connectivity index (χ0n) is 14.0. The minimum Gasteiger partial charge on any atom is -0.497 e. The summed E-state index contributed by atoms with van der Waals surface area (Å²) in [5.74, 6) is 1.64. The summed E-state index contributed by atoms with van der Waals surface area (Å²) in [5, 5.41) is 0. The van der Waals surface area contributed by atoms with Gasteiger partial charge in [-0.1, -0.05) is 0 Å². The molecule has 0 spiro atoms. The van der Waals surface area contributed by atoms with E-state index in [-0.39, 0.29) is 5.91 Å². The topological polar surface area (TPSA) is 54.9 Å². The second-order valence-electron chi connectivity index (χ2n) is 5.18. The van der Waals surface area contributed by atoms with Crippen molar-refractivity contribution in [2.24, 2.45) is 0 Å². The number of carbonyl (C=O) groups excluding carboxylic acids is 1. The fraction of sp³-hybridized carbons (Fsp3) is 0.294. The maximum Gasteiger partial charge on any atom is 0.257 e. The van der Waals surface area contributed by atoms with Gasteiger partial charge in [-0.2, -0.15) is 4.98 Å². The number of benzene rings is 1. The average molecular weight is 315 g/mol. The molecule has 0 aliphatic heterocycles. The second kappa shape index (κ2) is 7.00. The Morgan fingerprint density at radius 3 is 2.13 bits per heavy atom. The van der Waals surface area contributed by atoms with Crippen LogP contribution in [0.5, 0.6) is 11.6 Å². The van der Waals surface area contributed by atoms with Gasteiger partial charge in [-0.25, -0.2) is 0 Å². The maximum atomic E-state index is 12.4. The molecule has 0 bridgehead atoms. The lowest BCUT2D eigenvalue weighted by Crippen LogP contribution is -2.25. The molecular formula is C17H21N3O3. The van der Waals surface area contributed by atoms with Crippen LogP contribution < -0.4 is 14.4 Å². The number of carbonyl (C=O) groups is 1. The number of pyridine rings is 1. The Morgan fingerprint density at radius 2 is 1.61 bits per heavy atom. The van der Waals surface area contributed by atoms with Gasteiger partial charge in [0.15, 0.2) is 0 Å². The smallest absolute Gasteiger partial charge is 0.257 e. The molecule has 0 aliphatic rings. The highest BCUT2D eigenvalue weighted by molar-refractivity contribution is 5.99. The molecule has 0 fully saturated rings. The van der Waals surface area contributed by atoms with Crippen LogP contribution in [-0.2, 0) is 0 Å². The number of amides is 1. The quantitative estimate of drug-likeness (QED) is 0.849. The van der Waals surface area contributed by atoms with Gasteiger partial charge in [-0.05, 0) is 30.3 Å². The highest BCUT2D eigenvalue weighted by Crippen LogP contribution is 2.29. The van der Waals surface area contributed by atoms with Gasteiger partial charge in [0.05, 0.1) is 19.8 Å². The molecular weight excluding hydrogens is 294 g/mol. The normalized spacial score (nSPS) is 10.1. The standard InChI is InChI=1S/C17H21N3O3/c1-19(2)17(21)14-10-11-15(23-5)18-16(14)20(3)12-6-8-13(22-4)9-7-12/h6-11H,1-5H3. The summed E-state index contributed by atoms with van der Waals surface area (Å²) in [6, 6.07) is 10.9. The van der Waals surface area contributed by atoms with Crippen molar-refractivity contribution in [2.75, 3.05) is 40.3 Å². The maximum absolute atomic E-state index is 12.4. The zero-order chi connectivity index (χ0) is 17.0. The van der Waals surface area contributed by atoms with Crippen LogP contribution in [0.25, 0.3) is 0 Å². The number of aromatic nitrogens is 1. The first kappa shape index (κ1) is 16.6.